The van der Waals surface area contributed by atoms with E-state index in [2.05, 4.69) is 16.3 Å². The van der Waals surface area contributed by atoms with Crippen LogP contribution in [0, 0.1) is 5.92 Å². The summed E-state index contributed by atoms with van der Waals surface area (Å²) in [6.45, 7) is 2.48. The maximum absolute atomic E-state index is 12.6. The zero-order valence-corrected chi connectivity index (χ0v) is 16.8. The second kappa shape index (κ2) is 9.46. The van der Waals surface area contributed by atoms with Gasteiger partial charge >= 0.3 is 0 Å². The summed E-state index contributed by atoms with van der Waals surface area (Å²) in [5, 5.41) is 12.7. The smallest absolute Gasteiger partial charge is 0.227 e. The monoisotopic (exact) mass is 402 g/mol. The molecule has 3 aromatic carbocycles. The summed E-state index contributed by atoms with van der Waals surface area (Å²) in [6.07, 6.45) is 1.59. The number of nitrogens with one attached hydrogen (secondary N) is 1. The van der Waals surface area contributed by atoms with Gasteiger partial charge < -0.3 is 15.2 Å². The molecule has 30 heavy (non-hydrogen) atoms. The highest BCUT2D eigenvalue weighted by atomic mass is 16.5. The molecule has 3 aromatic rings. The first-order valence-corrected chi connectivity index (χ1v) is 10.3. The second-order valence-corrected chi connectivity index (χ2v) is 7.58. The lowest BCUT2D eigenvalue weighted by molar-refractivity contribution is -0.121. The minimum Gasteiger partial charge on any atom is -0.506 e. The average Bonchev–Trinajstić information content (AvgIpc) is 2.78. The number of phenolic OH excluding ortho intramolecular Hbond substituents is 1. The van der Waals surface area contributed by atoms with Gasteiger partial charge in [0.1, 0.15) is 17.2 Å². The molecule has 0 atom stereocenters. The molecule has 1 fully saturated rings. The maximum Gasteiger partial charge on any atom is 0.227 e. The van der Waals surface area contributed by atoms with Gasteiger partial charge in [-0.25, -0.2) is 0 Å². The molecular weight excluding hydrogens is 376 g/mol. The molecule has 0 bridgehead atoms. The molecule has 1 heterocycles. The molecule has 0 unspecified atom stereocenters. The number of piperidine rings is 1. The summed E-state index contributed by atoms with van der Waals surface area (Å²) >= 11 is 0. The van der Waals surface area contributed by atoms with Gasteiger partial charge in [0.15, 0.2) is 0 Å². The van der Waals surface area contributed by atoms with E-state index in [9.17, 15) is 9.90 Å². The minimum absolute atomic E-state index is 0.0241. The Kier molecular flexibility index (Phi) is 6.30. The van der Waals surface area contributed by atoms with Crippen molar-refractivity contribution in [2.75, 3.05) is 18.4 Å². The van der Waals surface area contributed by atoms with Crippen LogP contribution in [0.4, 0.5) is 5.69 Å². The number of phenols is 1. The van der Waals surface area contributed by atoms with E-state index in [0.29, 0.717) is 5.69 Å². The molecule has 0 aliphatic carbocycles. The predicted octanol–water partition coefficient (Wildman–Crippen LogP) is 5.04. The van der Waals surface area contributed by atoms with Crippen LogP contribution in [0.25, 0.3) is 0 Å². The number of likely N-dealkylation sites (tertiary alicyclic amines) is 1. The van der Waals surface area contributed by atoms with Crippen LogP contribution in [0.5, 0.6) is 17.2 Å². The Hall–Kier alpha value is -3.31. The normalized spacial score (nSPS) is 14.9. The summed E-state index contributed by atoms with van der Waals surface area (Å²) in [5.41, 5.74) is 1.61. The van der Waals surface area contributed by atoms with Crippen molar-refractivity contribution in [2.45, 2.75) is 19.4 Å². The van der Waals surface area contributed by atoms with Gasteiger partial charge in [0, 0.05) is 18.0 Å². The molecule has 5 heteroatoms. The van der Waals surface area contributed by atoms with Crippen LogP contribution in [-0.4, -0.2) is 29.0 Å². The molecule has 0 aromatic heterocycles. The molecule has 1 amide bonds. The van der Waals surface area contributed by atoms with Crippen molar-refractivity contribution in [3.05, 3.63) is 84.4 Å². The molecule has 0 radical (unpaired) electrons. The summed E-state index contributed by atoms with van der Waals surface area (Å²) in [5.74, 6) is 1.71. The standard InChI is InChI=1S/C25H26N2O3/c28-23-12-6-5-11-22(23)26-25(29)19-14-16-27(17-15-19)18-20-8-4-7-13-24(20)30-21-9-2-1-3-10-21/h1-13,19,28H,14-18H2,(H,26,29). The summed E-state index contributed by atoms with van der Waals surface area (Å²) in [6, 6.07) is 24.7. The van der Waals surface area contributed by atoms with Crippen LogP contribution in [0.1, 0.15) is 18.4 Å². The third kappa shape index (κ3) is 4.99. The highest BCUT2D eigenvalue weighted by Gasteiger charge is 2.26. The Morgan fingerprint density at radius 2 is 1.60 bits per heavy atom. The van der Waals surface area contributed by atoms with Gasteiger partial charge in [0.2, 0.25) is 5.91 Å². The Labute approximate surface area is 176 Å². The first-order valence-electron chi connectivity index (χ1n) is 10.3. The first-order chi connectivity index (χ1) is 14.7. The van der Waals surface area contributed by atoms with Crippen LogP contribution in [0.2, 0.25) is 0 Å². The average molecular weight is 402 g/mol. The van der Waals surface area contributed by atoms with Crippen LogP contribution < -0.4 is 10.1 Å². The third-order valence-corrected chi connectivity index (χ3v) is 5.46. The SMILES string of the molecule is O=C(Nc1ccccc1O)C1CCN(Cc2ccccc2Oc2ccccc2)CC1. The molecule has 4 rings (SSSR count). The zero-order chi connectivity index (χ0) is 20.8. The van der Waals surface area contributed by atoms with Crippen molar-refractivity contribution in [1.82, 2.24) is 4.90 Å². The Morgan fingerprint density at radius 1 is 0.933 bits per heavy atom. The number of anilines is 1. The maximum atomic E-state index is 12.6. The summed E-state index contributed by atoms with van der Waals surface area (Å²) in [4.78, 5) is 14.9. The number of hydrogen-bond donors (Lipinski definition) is 2. The molecule has 1 aliphatic rings. The quantitative estimate of drug-likeness (QED) is 0.568. The van der Waals surface area contributed by atoms with E-state index in [4.69, 9.17) is 4.74 Å². The van der Waals surface area contributed by atoms with Crippen molar-refractivity contribution in [2.24, 2.45) is 5.92 Å². The Bertz CT molecular complexity index is 982. The van der Waals surface area contributed by atoms with Crippen LogP contribution >= 0.6 is 0 Å². The fourth-order valence-corrected chi connectivity index (χ4v) is 3.76. The second-order valence-electron chi connectivity index (χ2n) is 7.58. The third-order valence-electron chi connectivity index (χ3n) is 5.46. The highest BCUT2D eigenvalue weighted by molar-refractivity contribution is 5.93. The number of carbonyl (C=O) groups is 1. The number of nitrogens with zero attached hydrogens (tertiary/aromatic N) is 1. The van der Waals surface area contributed by atoms with Crippen LogP contribution in [0.15, 0.2) is 78.9 Å². The number of amides is 1. The van der Waals surface area contributed by atoms with Crippen molar-refractivity contribution >= 4 is 11.6 Å². The number of benzene rings is 3. The van der Waals surface area contributed by atoms with Gasteiger partial charge in [-0.2, -0.15) is 0 Å². The Balaban J connectivity index is 1.33. The number of hydrogen-bond acceptors (Lipinski definition) is 4. The van der Waals surface area contributed by atoms with Gasteiger partial charge in [-0.1, -0.05) is 48.5 Å². The van der Waals surface area contributed by atoms with E-state index in [1.54, 1.807) is 24.3 Å². The van der Waals surface area contributed by atoms with Gasteiger partial charge in [0.05, 0.1) is 5.69 Å². The fourth-order valence-electron chi connectivity index (χ4n) is 3.76. The number of para-hydroxylation sites is 4. The van der Waals surface area contributed by atoms with Crippen molar-refractivity contribution < 1.29 is 14.6 Å². The van der Waals surface area contributed by atoms with E-state index in [-0.39, 0.29) is 17.6 Å². The lowest BCUT2D eigenvalue weighted by Crippen LogP contribution is -2.37. The number of ether oxygens (including phenoxy) is 1. The number of rotatable bonds is 6. The fraction of sp³-hybridized carbons (Fsp3) is 0.240. The number of aromatic hydroxyl groups is 1. The molecular formula is C25H26N2O3. The van der Waals surface area contributed by atoms with Crippen LogP contribution in [-0.2, 0) is 11.3 Å². The highest BCUT2D eigenvalue weighted by Crippen LogP contribution is 2.29. The molecule has 0 spiro atoms. The van der Waals surface area contributed by atoms with Crippen molar-refractivity contribution in [3.63, 3.8) is 0 Å². The van der Waals surface area contributed by atoms with Crippen LogP contribution in [0.3, 0.4) is 0 Å². The van der Waals surface area contributed by atoms with Gasteiger partial charge in [-0.15, -0.1) is 0 Å². The predicted molar refractivity (Wildman–Crippen MR) is 118 cm³/mol. The molecule has 0 saturated carbocycles. The van der Waals surface area contributed by atoms with E-state index < -0.39 is 0 Å². The molecule has 5 nitrogen and oxygen atoms in total. The van der Waals surface area contributed by atoms with E-state index in [1.165, 1.54) is 0 Å². The van der Waals surface area contributed by atoms with Crippen molar-refractivity contribution in [3.8, 4) is 17.2 Å². The largest absolute Gasteiger partial charge is 0.506 e. The van der Waals surface area contributed by atoms with Crippen molar-refractivity contribution in [1.29, 1.82) is 0 Å². The zero-order valence-electron chi connectivity index (χ0n) is 16.8. The van der Waals surface area contributed by atoms with E-state index in [0.717, 1.165) is 49.5 Å². The summed E-state index contributed by atoms with van der Waals surface area (Å²) < 4.78 is 6.07. The topological polar surface area (TPSA) is 61.8 Å². The van der Waals surface area contributed by atoms with E-state index >= 15 is 0 Å². The molecule has 1 aliphatic heterocycles. The lowest BCUT2D eigenvalue weighted by atomic mass is 9.95. The summed E-state index contributed by atoms with van der Waals surface area (Å²) in [7, 11) is 0. The number of carbonyl (C=O) groups excluding carboxylic acids is 1. The lowest BCUT2D eigenvalue weighted by Gasteiger charge is -2.31. The van der Waals surface area contributed by atoms with E-state index in [1.807, 2.05) is 48.5 Å². The minimum atomic E-state index is -0.0448. The van der Waals surface area contributed by atoms with Gasteiger partial charge in [-0.05, 0) is 56.3 Å². The van der Waals surface area contributed by atoms with Gasteiger partial charge in [-0.3, -0.25) is 9.69 Å². The molecule has 2 N–H and O–H groups in total. The Morgan fingerprint density at radius 3 is 2.37 bits per heavy atom. The molecule has 154 valence electrons. The molecule has 1 saturated heterocycles. The first kappa shape index (κ1) is 20.0. The van der Waals surface area contributed by atoms with Gasteiger partial charge in [0.25, 0.3) is 0 Å².